The smallest absolute Gasteiger partial charge is 0.465 e. The minimum Gasteiger partial charge on any atom is -0.465 e. The number of hydrogen-bond donors (Lipinski definition) is 0. The van der Waals surface area contributed by atoms with E-state index < -0.39 is 30.2 Å². The average molecular weight is 683 g/mol. The van der Waals surface area contributed by atoms with E-state index in [4.69, 9.17) is 37.2 Å². The maximum atomic E-state index is 13.7. The van der Waals surface area contributed by atoms with E-state index in [1.807, 2.05) is 0 Å². The summed E-state index contributed by atoms with van der Waals surface area (Å²) in [6.45, 7) is 0. The molecule has 0 radical (unpaired) electrons. The van der Waals surface area contributed by atoms with Crippen LogP contribution in [0.25, 0.3) is 21.5 Å². The molecule has 4 heterocycles. The number of carbonyl (C=O) groups is 2. The summed E-state index contributed by atoms with van der Waals surface area (Å²) >= 11 is 14.1. The number of nitrogens with zero attached hydrogens (tertiary/aromatic N) is 3. The fourth-order valence-electron chi connectivity index (χ4n) is 6.30. The van der Waals surface area contributed by atoms with E-state index in [2.05, 4.69) is 19.8 Å². The van der Waals surface area contributed by atoms with Crippen molar-refractivity contribution in [1.82, 2.24) is 10.1 Å². The molecular formula is C30H24Cl2F3N3O6S. The van der Waals surface area contributed by atoms with Crippen molar-refractivity contribution in [3.63, 3.8) is 0 Å². The second-order valence-electron chi connectivity index (χ2n) is 11.3. The van der Waals surface area contributed by atoms with Gasteiger partial charge >= 0.3 is 18.3 Å². The Morgan fingerprint density at radius 2 is 1.73 bits per heavy atom. The molecule has 1 saturated carbocycles. The second kappa shape index (κ2) is 11.4. The molecule has 0 unspecified atom stereocenters. The van der Waals surface area contributed by atoms with Gasteiger partial charge in [-0.25, -0.2) is 14.6 Å². The lowest BCUT2D eigenvalue weighted by atomic mass is 9.99. The number of methoxy groups -OCH3 is 1. The largest absolute Gasteiger partial charge is 0.573 e. The predicted molar refractivity (Wildman–Crippen MR) is 159 cm³/mol. The number of ether oxygens (including phenoxy) is 3. The highest BCUT2D eigenvalue weighted by atomic mass is 35.5. The molecule has 2 aliphatic heterocycles. The van der Waals surface area contributed by atoms with E-state index >= 15 is 0 Å². The number of rotatable bonds is 7. The van der Waals surface area contributed by atoms with E-state index in [1.165, 1.54) is 17.4 Å². The molecule has 0 spiro atoms. The van der Waals surface area contributed by atoms with Crippen molar-refractivity contribution in [2.24, 2.45) is 0 Å². The molecule has 45 heavy (non-hydrogen) atoms. The molecule has 2 aromatic heterocycles. The summed E-state index contributed by atoms with van der Waals surface area (Å²) in [5, 5.41) is 5.34. The monoisotopic (exact) mass is 681 g/mol. The highest BCUT2D eigenvalue weighted by molar-refractivity contribution is 7.22. The molecule has 2 saturated heterocycles. The average Bonchev–Trinajstić information content (AvgIpc) is 3.48. The zero-order valence-electron chi connectivity index (χ0n) is 23.5. The van der Waals surface area contributed by atoms with E-state index in [-0.39, 0.29) is 40.3 Å². The topological polar surface area (TPSA) is 104 Å². The third-order valence-electron chi connectivity index (χ3n) is 8.35. The summed E-state index contributed by atoms with van der Waals surface area (Å²) in [7, 11) is 1.14. The van der Waals surface area contributed by atoms with Crippen LogP contribution in [0.3, 0.4) is 0 Å². The minimum atomic E-state index is -4.98. The fourth-order valence-corrected chi connectivity index (χ4v) is 8.04. The zero-order chi connectivity index (χ0) is 31.6. The zero-order valence-corrected chi connectivity index (χ0v) is 25.9. The summed E-state index contributed by atoms with van der Waals surface area (Å²) in [5.74, 6) is -1.40. The number of fused-ring (bicyclic) bond motifs is 3. The molecule has 2 aromatic carbocycles. The van der Waals surface area contributed by atoms with Crippen molar-refractivity contribution < 1.29 is 41.5 Å². The van der Waals surface area contributed by atoms with Crippen molar-refractivity contribution in [3.8, 4) is 17.0 Å². The van der Waals surface area contributed by atoms with E-state index in [0.29, 0.717) is 44.0 Å². The Morgan fingerprint density at radius 1 is 1.04 bits per heavy atom. The van der Waals surface area contributed by atoms with Gasteiger partial charge in [0.1, 0.15) is 22.9 Å². The summed E-state index contributed by atoms with van der Waals surface area (Å²) in [5.41, 5.74) is 0.796. The van der Waals surface area contributed by atoms with E-state index in [0.717, 1.165) is 38.9 Å². The van der Waals surface area contributed by atoms with Gasteiger partial charge in [0, 0.05) is 36.4 Å². The molecule has 7 rings (SSSR count). The quantitative estimate of drug-likeness (QED) is 0.179. The first-order valence-electron chi connectivity index (χ1n) is 14.2. The second-order valence-corrected chi connectivity index (χ2v) is 13.1. The van der Waals surface area contributed by atoms with Gasteiger partial charge in [-0.15, -0.1) is 13.2 Å². The fraction of sp³-hybridized carbons (Fsp3) is 0.400. The van der Waals surface area contributed by atoms with Crippen LogP contribution in [0, 0.1) is 0 Å². The van der Waals surface area contributed by atoms with E-state index in [1.54, 1.807) is 18.2 Å². The summed E-state index contributed by atoms with van der Waals surface area (Å²) in [6, 6.07) is 7.30. The Labute approximate surface area is 268 Å². The number of benzene rings is 2. The molecule has 15 heteroatoms. The lowest BCUT2D eigenvalue weighted by Crippen LogP contribution is -2.46. The lowest BCUT2D eigenvalue weighted by molar-refractivity contribution is -0.274. The van der Waals surface area contributed by atoms with Crippen LogP contribution in [0.5, 0.6) is 5.75 Å². The number of alkyl halides is 3. The van der Waals surface area contributed by atoms with Crippen LogP contribution < -0.4 is 9.64 Å². The number of thiazole rings is 1. The van der Waals surface area contributed by atoms with Crippen molar-refractivity contribution in [2.75, 3.05) is 12.0 Å². The molecule has 3 fully saturated rings. The number of esters is 2. The van der Waals surface area contributed by atoms with Gasteiger partial charge in [0.05, 0.1) is 27.4 Å². The molecule has 4 aromatic rings. The highest BCUT2D eigenvalue weighted by Crippen LogP contribution is 2.48. The lowest BCUT2D eigenvalue weighted by Gasteiger charge is -2.38. The van der Waals surface area contributed by atoms with Gasteiger partial charge in [0.25, 0.3) is 0 Å². The summed E-state index contributed by atoms with van der Waals surface area (Å²) < 4.78 is 60.7. The Kier molecular flexibility index (Phi) is 7.60. The molecule has 0 amide bonds. The Balaban J connectivity index is 1.15. The molecule has 0 N–H and O–H groups in total. The van der Waals surface area contributed by atoms with Crippen LogP contribution >= 0.6 is 34.5 Å². The van der Waals surface area contributed by atoms with Crippen molar-refractivity contribution in [3.05, 3.63) is 57.3 Å². The Bertz CT molecular complexity index is 1790. The number of anilines is 1. The first-order chi connectivity index (χ1) is 21.5. The molecule has 3 aliphatic rings. The summed E-state index contributed by atoms with van der Waals surface area (Å²) in [6.07, 6.45) is -1.11. The first-order valence-corrected chi connectivity index (χ1v) is 15.8. The number of carbonyl (C=O) groups excluding carboxylic acids is 2. The molecule has 1 aliphatic carbocycles. The molecular weight excluding hydrogens is 658 g/mol. The van der Waals surface area contributed by atoms with Crippen LogP contribution in [-0.2, 0) is 9.47 Å². The maximum Gasteiger partial charge on any atom is 0.573 e. The van der Waals surface area contributed by atoms with Crippen LogP contribution in [-0.4, -0.2) is 53.7 Å². The van der Waals surface area contributed by atoms with Crippen LogP contribution in [0.2, 0.25) is 10.0 Å². The van der Waals surface area contributed by atoms with Gasteiger partial charge in [-0.2, -0.15) is 0 Å². The van der Waals surface area contributed by atoms with Crippen molar-refractivity contribution >= 4 is 61.8 Å². The Morgan fingerprint density at radius 3 is 2.36 bits per heavy atom. The SMILES string of the molecule is COC(=O)c1cc(OC(F)(F)F)c2nc(N3[C@@H]4CC[C@H]3C[C@@H](OC(=O)c3c(-c5c(Cl)cccc5Cl)noc3C3CC3)C4)sc2c1. The van der Waals surface area contributed by atoms with E-state index in [9.17, 15) is 22.8 Å². The van der Waals surface area contributed by atoms with Crippen LogP contribution in [0.4, 0.5) is 18.3 Å². The molecule has 3 atom stereocenters. The van der Waals surface area contributed by atoms with Crippen molar-refractivity contribution in [2.45, 2.75) is 69.0 Å². The van der Waals surface area contributed by atoms with Gasteiger partial charge < -0.3 is 23.6 Å². The van der Waals surface area contributed by atoms with Crippen LogP contribution in [0.1, 0.15) is 70.9 Å². The van der Waals surface area contributed by atoms with Gasteiger partial charge in [0.2, 0.25) is 0 Å². The van der Waals surface area contributed by atoms with Gasteiger partial charge in [0.15, 0.2) is 16.6 Å². The highest BCUT2D eigenvalue weighted by Gasteiger charge is 2.45. The summed E-state index contributed by atoms with van der Waals surface area (Å²) in [4.78, 5) is 32.5. The normalized spacial score (nSPS) is 21.3. The standard InChI is InChI=1S/C30H24Cl2F3N3O6S/c1-41-27(39)14-9-20(43-30(33,34)35)24-21(10-14)45-29(36-24)38-15-7-8-16(38)12-17(11-15)42-28(40)23-25(37-44-26(23)13-5-6-13)22-18(31)3-2-4-19(22)32/h2-4,9-10,13,15-17H,5-8,11-12H2,1H3/t15-,16+,17+. The first kappa shape index (κ1) is 30.1. The predicted octanol–water partition coefficient (Wildman–Crippen LogP) is 8.18. The number of halogens is 5. The number of piperidine rings is 1. The van der Waals surface area contributed by atoms with Crippen LogP contribution in [0.15, 0.2) is 34.9 Å². The van der Waals surface area contributed by atoms with Gasteiger partial charge in [-0.05, 0) is 49.9 Å². The molecule has 2 bridgehead atoms. The third kappa shape index (κ3) is 5.70. The maximum absolute atomic E-state index is 13.7. The third-order valence-corrected chi connectivity index (χ3v) is 10.00. The Hall–Kier alpha value is -3.55. The number of hydrogen-bond acceptors (Lipinski definition) is 10. The van der Waals surface area contributed by atoms with Gasteiger partial charge in [-0.3, -0.25) is 0 Å². The van der Waals surface area contributed by atoms with Gasteiger partial charge in [-0.1, -0.05) is 45.8 Å². The number of aromatic nitrogens is 2. The van der Waals surface area contributed by atoms with Crippen molar-refractivity contribution in [1.29, 1.82) is 0 Å². The molecule has 236 valence electrons. The minimum absolute atomic E-state index is 0.00115. The molecule has 9 nitrogen and oxygen atoms in total.